The van der Waals surface area contributed by atoms with Crippen molar-refractivity contribution < 1.29 is 37.1 Å². The molecule has 0 aromatic heterocycles. The van der Waals surface area contributed by atoms with Crippen molar-refractivity contribution in [3.8, 4) is 0 Å². The fraction of sp³-hybridized carbons (Fsp3) is 0.0833. The number of fused-ring (bicyclic) bond motifs is 2. The van der Waals surface area contributed by atoms with Crippen LogP contribution in [0, 0.1) is 0 Å². The number of carbonyl (C=O) groups excluding carboxylic acids is 4. The lowest BCUT2D eigenvalue weighted by Gasteiger charge is -2.19. The summed E-state index contributed by atoms with van der Waals surface area (Å²) >= 11 is 5.84. The highest BCUT2D eigenvalue weighted by Gasteiger charge is 2.34. The quantitative estimate of drug-likeness (QED) is 0.412. The number of carbonyl (C=O) groups is 4. The predicted octanol–water partition coefficient (Wildman–Crippen LogP) is 4.93. The minimum atomic E-state index is -4.65. The number of nitrogens with one attached hydrogen (secondary N) is 1. The molecule has 172 valence electrons. The minimum absolute atomic E-state index is 0.0262. The number of anilines is 1. The molecule has 0 saturated heterocycles. The van der Waals surface area contributed by atoms with E-state index in [0.29, 0.717) is 6.07 Å². The van der Waals surface area contributed by atoms with Crippen molar-refractivity contribution >= 4 is 40.7 Å². The van der Waals surface area contributed by atoms with E-state index >= 15 is 0 Å². The zero-order valence-corrected chi connectivity index (χ0v) is 17.8. The van der Waals surface area contributed by atoms with Crippen LogP contribution in [0.5, 0.6) is 0 Å². The zero-order valence-electron chi connectivity index (χ0n) is 17.0. The van der Waals surface area contributed by atoms with Gasteiger partial charge in [0.05, 0.1) is 21.8 Å². The van der Waals surface area contributed by atoms with E-state index in [-0.39, 0.29) is 38.5 Å². The van der Waals surface area contributed by atoms with Gasteiger partial charge in [0.2, 0.25) is 0 Å². The van der Waals surface area contributed by atoms with Crippen molar-refractivity contribution in [1.82, 2.24) is 0 Å². The van der Waals surface area contributed by atoms with E-state index in [2.05, 4.69) is 5.32 Å². The maximum absolute atomic E-state index is 13.0. The first-order valence-corrected chi connectivity index (χ1v) is 10.1. The normalized spacial score (nSPS) is 12.6. The molecule has 1 aliphatic carbocycles. The van der Waals surface area contributed by atoms with E-state index in [1.165, 1.54) is 30.3 Å². The largest absolute Gasteiger partial charge is 0.452 e. The van der Waals surface area contributed by atoms with E-state index in [0.717, 1.165) is 12.1 Å². The Balaban J connectivity index is 1.52. The molecule has 0 saturated carbocycles. The first-order valence-electron chi connectivity index (χ1n) is 9.73. The Labute approximate surface area is 195 Å². The maximum Gasteiger partial charge on any atom is 0.416 e. The molecule has 0 fully saturated rings. The summed E-state index contributed by atoms with van der Waals surface area (Å²) in [5.74, 6) is -2.98. The molecule has 0 heterocycles. The van der Waals surface area contributed by atoms with Gasteiger partial charge in [-0.1, -0.05) is 48.0 Å². The Morgan fingerprint density at radius 3 is 2.21 bits per heavy atom. The molecule has 0 bridgehead atoms. The van der Waals surface area contributed by atoms with Crippen LogP contribution in [0.1, 0.15) is 47.8 Å². The smallest absolute Gasteiger partial charge is 0.416 e. The monoisotopic (exact) mass is 487 g/mol. The van der Waals surface area contributed by atoms with E-state index in [9.17, 15) is 32.3 Å². The first-order chi connectivity index (χ1) is 16.1. The molecule has 0 unspecified atom stereocenters. The molecule has 34 heavy (non-hydrogen) atoms. The minimum Gasteiger partial charge on any atom is -0.452 e. The van der Waals surface area contributed by atoms with Crippen LogP contribution in [0.25, 0.3) is 0 Å². The predicted molar refractivity (Wildman–Crippen MR) is 115 cm³/mol. The number of benzene rings is 3. The van der Waals surface area contributed by atoms with Gasteiger partial charge in [-0.25, -0.2) is 4.79 Å². The highest BCUT2D eigenvalue weighted by atomic mass is 35.5. The summed E-state index contributed by atoms with van der Waals surface area (Å²) in [5, 5.41) is 2.01. The van der Waals surface area contributed by atoms with Gasteiger partial charge in [0, 0.05) is 22.3 Å². The van der Waals surface area contributed by atoms with Gasteiger partial charge in [-0.15, -0.1) is 0 Å². The second-order valence-corrected chi connectivity index (χ2v) is 7.66. The number of hydrogen-bond acceptors (Lipinski definition) is 5. The molecular formula is C24H13ClF3NO5. The van der Waals surface area contributed by atoms with E-state index < -0.39 is 41.8 Å². The Morgan fingerprint density at radius 1 is 0.882 bits per heavy atom. The number of ketones is 2. The molecule has 10 heteroatoms. The summed E-state index contributed by atoms with van der Waals surface area (Å²) in [6.45, 7) is -0.867. The molecule has 1 N–H and O–H groups in total. The molecule has 1 amide bonds. The number of rotatable bonds is 4. The summed E-state index contributed by atoms with van der Waals surface area (Å²) in [6.07, 6.45) is -4.65. The highest BCUT2D eigenvalue weighted by molar-refractivity contribution is 6.33. The second-order valence-electron chi connectivity index (χ2n) is 7.25. The first kappa shape index (κ1) is 23.2. The molecule has 0 spiro atoms. The van der Waals surface area contributed by atoms with Gasteiger partial charge < -0.3 is 10.1 Å². The number of alkyl halides is 3. The van der Waals surface area contributed by atoms with Gasteiger partial charge in [-0.05, 0) is 24.3 Å². The van der Waals surface area contributed by atoms with Gasteiger partial charge in [0.25, 0.3) is 5.91 Å². The molecule has 0 radical (unpaired) electrons. The molecule has 3 aromatic carbocycles. The van der Waals surface area contributed by atoms with Crippen molar-refractivity contribution in [3.63, 3.8) is 0 Å². The SMILES string of the molecule is O=C(COC(=O)c1cccc2c1C(=O)c1ccccc1C2=O)Nc1cc(C(F)(F)F)ccc1Cl. The fourth-order valence-corrected chi connectivity index (χ4v) is 3.67. The van der Waals surface area contributed by atoms with Crippen LogP contribution in [0.3, 0.4) is 0 Å². The maximum atomic E-state index is 13.0. The summed E-state index contributed by atoms with van der Waals surface area (Å²) in [4.78, 5) is 50.6. The van der Waals surface area contributed by atoms with Crippen LogP contribution < -0.4 is 5.32 Å². The van der Waals surface area contributed by atoms with Crippen molar-refractivity contribution in [2.45, 2.75) is 6.18 Å². The van der Waals surface area contributed by atoms with Gasteiger partial charge in [0.15, 0.2) is 18.2 Å². The lowest BCUT2D eigenvalue weighted by atomic mass is 9.82. The van der Waals surface area contributed by atoms with Crippen LogP contribution in [0.2, 0.25) is 5.02 Å². The average Bonchev–Trinajstić information content (AvgIpc) is 2.81. The standard InChI is InChI=1S/C24H13ClF3NO5/c25-17-9-8-12(24(26,27)28)10-18(17)29-19(30)11-34-23(33)16-7-3-6-15-20(16)22(32)14-5-2-1-4-13(14)21(15)31/h1-10H,11H2,(H,29,30). The number of amides is 1. The van der Waals surface area contributed by atoms with Gasteiger partial charge in [-0.3, -0.25) is 14.4 Å². The molecule has 0 aliphatic heterocycles. The van der Waals surface area contributed by atoms with Crippen LogP contribution in [0.15, 0.2) is 60.7 Å². The van der Waals surface area contributed by atoms with Crippen molar-refractivity contribution in [2.24, 2.45) is 0 Å². The van der Waals surface area contributed by atoms with Gasteiger partial charge in [0.1, 0.15) is 0 Å². The van der Waals surface area contributed by atoms with Gasteiger partial charge in [-0.2, -0.15) is 13.2 Å². The summed E-state index contributed by atoms with van der Waals surface area (Å²) < 4.78 is 43.6. The Kier molecular flexibility index (Phi) is 5.97. The highest BCUT2D eigenvalue weighted by Crippen LogP contribution is 2.34. The zero-order chi connectivity index (χ0) is 24.6. The number of ether oxygens (including phenoxy) is 1. The summed E-state index contributed by atoms with van der Waals surface area (Å²) in [7, 11) is 0. The Bertz CT molecular complexity index is 1370. The lowest BCUT2D eigenvalue weighted by Crippen LogP contribution is -2.26. The topological polar surface area (TPSA) is 89.5 Å². The van der Waals surface area contributed by atoms with Crippen molar-refractivity contribution in [3.05, 3.63) is 99.1 Å². The molecule has 1 aliphatic rings. The number of esters is 1. The average molecular weight is 488 g/mol. The van der Waals surface area contributed by atoms with E-state index in [1.807, 2.05) is 0 Å². The molecular weight excluding hydrogens is 475 g/mol. The Morgan fingerprint density at radius 2 is 1.53 bits per heavy atom. The third-order valence-corrected chi connectivity index (χ3v) is 5.40. The Hall–Kier alpha value is -3.98. The number of halogens is 4. The van der Waals surface area contributed by atoms with Crippen LogP contribution in [-0.2, 0) is 15.7 Å². The van der Waals surface area contributed by atoms with Gasteiger partial charge >= 0.3 is 12.1 Å². The van der Waals surface area contributed by atoms with E-state index in [1.54, 1.807) is 12.1 Å². The number of hydrogen-bond donors (Lipinski definition) is 1. The van der Waals surface area contributed by atoms with Crippen LogP contribution in [-0.4, -0.2) is 30.0 Å². The molecule has 3 aromatic rings. The van der Waals surface area contributed by atoms with E-state index in [4.69, 9.17) is 16.3 Å². The second kappa shape index (κ2) is 8.75. The molecule has 4 rings (SSSR count). The molecule has 0 atom stereocenters. The fourth-order valence-electron chi connectivity index (χ4n) is 3.51. The third-order valence-electron chi connectivity index (χ3n) is 5.07. The summed E-state index contributed by atoms with van der Waals surface area (Å²) in [6, 6.07) is 12.6. The van der Waals surface area contributed by atoms with Crippen LogP contribution >= 0.6 is 11.6 Å². The van der Waals surface area contributed by atoms with Crippen molar-refractivity contribution in [1.29, 1.82) is 0 Å². The third kappa shape index (κ3) is 4.29. The van der Waals surface area contributed by atoms with Crippen LogP contribution in [0.4, 0.5) is 18.9 Å². The molecule has 6 nitrogen and oxygen atoms in total. The lowest BCUT2D eigenvalue weighted by molar-refractivity contribution is -0.137. The van der Waals surface area contributed by atoms with Crippen molar-refractivity contribution in [2.75, 3.05) is 11.9 Å². The summed E-state index contributed by atoms with van der Waals surface area (Å²) in [5.41, 5.74) is -1.32.